The molecular weight excluding hydrogens is 400 g/mol. The van der Waals surface area contributed by atoms with Crippen LogP contribution in [0, 0.1) is 0 Å². The van der Waals surface area contributed by atoms with Gasteiger partial charge >= 0.3 is 0 Å². The van der Waals surface area contributed by atoms with Crippen molar-refractivity contribution >= 4 is 61.7 Å². The quantitative estimate of drug-likeness (QED) is 0.447. The molecule has 0 atom stereocenters. The monoisotopic (exact) mass is 412 g/mol. The number of likely N-dealkylation sites (N-methyl/N-ethyl adjacent to an activating group) is 1. The van der Waals surface area contributed by atoms with E-state index in [1.54, 1.807) is 35.3 Å². The average Bonchev–Trinajstić information content (AvgIpc) is 3.11. The maximum absolute atomic E-state index is 12.9. The molecule has 6 heteroatoms. The fraction of sp³-hybridized carbons (Fsp3) is 0.0526. The van der Waals surface area contributed by atoms with Gasteiger partial charge < -0.3 is 9.32 Å². The average molecular weight is 413 g/mol. The Labute approximate surface area is 158 Å². The van der Waals surface area contributed by atoms with Gasteiger partial charge in [0.05, 0.1) is 10.2 Å². The summed E-state index contributed by atoms with van der Waals surface area (Å²) in [7, 11) is 1.78. The zero-order chi connectivity index (χ0) is 17.6. The molecule has 0 radical (unpaired) electrons. The number of halogens is 1. The van der Waals surface area contributed by atoms with Gasteiger partial charge in [0, 0.05) is 13.1 Å². The SMILES string of the molecule is CN1C(=S)N(c2ccc3ccccc3c2)C(=O)/C1=C\c1cc(Br)co1. The van der Waals surface area contributed by atoms with Crippen LogP contribution in [-0.2, 0) is 4.79 Å². The van der Waals surface area contributed by atoms with E-state index in [1.807, 2.05) is 42.5 Å². The minimum atomic E-state index is -0.171. The molecule has 1 amide bonds. The molecule has 1 aliphatic rings. The van der Waals surface area contributed by atoms with Gasteiger partial charge in [0.1, 0.15) is 17.7 Å². The summed E-state index contributed by atoms with van der Waals surface area (Å²) in [6.07, 6.45) is 3.27. The number of thiocarbonyl (C=S) groups is 1. The fourth-order valence-corrected chi connectivity index (χ4v) is 3.44. The van der Waals surface area contributed by atoms with Crippen LogP contribution >= 0.6 is 28.1 Å². The number of anilines is 1. The Kier molecular flexibility index (Phi) is 3.94. The van der Waals surface area contributed by atoms with E-state index in [1.165, 1.54) is 0 Å². The second kappa shape index (κ2) is 6.13. The van der Waals surface area contributed by atoms with Crippen LogP contribution in [0.5, 0.6) is 0 Å². The molecule has 4 rings (SSSR count). The molecule has 0 aliphatic carbocycles. The van der Waals surface area contributed by atoms with Gasteiger partial charge in [0.15, 0.2) is 5.11 Å². The Morgan fingerprint density at radius 2 is 1.88 bits per heavy atom. The van der Waals surface area contributed by atoms with E-state index >= 15 is 0 Å². The predicted molar refractivity (Wildman–Crippen MR) is 106 cm³/mol. The second-order valence-corrected chi connectivity index (χ2v) is 6.99. The third-order valence-corrected chi connectivity index (χ3v) is 4.99. The summed E-state index contributed by atoms with van der Waals surface area (Å²) < 4.78 is 6.21. The van der Waals surface area contributed by atoms with Gasteiger partial charge in [0.25, 0.3) is 5.91 Å². The van der Waals surface area contributed by atoms with Crippen LogP contribution in [0.2, 0.25) is 0 Å². The minimum absolute atomic E-state index is 0.171. The standard InChI is InChI=1S/C19H13BrN2O2S/c1-21-17(10-16-9-14(20)11-24-16)18(23)22(19(21)25)15-7-6-12-4-2-3-5-13(12)8-15/h2-11H,1H3/b17-10+. The normalized spacial score (nSPS) is 16.5. The lowest BCUT2D eigenvalue weighted by Gasteiger charge is -2.17. The van der Waals surface area contributed by atoms with Gasteiger partial charge in [-0.05, 0) is 57.1 Å². The number of hydrogen-bond acceptors (Lipinski definition) is 3. The Morgan fingerprint density at radius 1 is 1.12 bits per heavy atom. The lowest BCUT2D eigenvalue weighted by Crippen LogP contribution is -2.31. The first-order valence-corrected chi connectivity index (χ1v) is 8.81. The highest BCUT2D eigenvalue weighted by molar-refractivity contribution is 9.10. The predicted octanol–water partition coefficient (Wildman–Crippen LogP) is 4.80. The first kappa shape index (κ1) is 16.1. The number of fused-ring (bicyclic) bond motifs is 1. The summed E-state index contributed by atoms with van der Waals surface area (Å²) >= 11 is 8.83. The zero-order valence-electron chi connectivity index (χ0n) is 13.3. The van der Waals surface area contributed by atoms with E-state index in [0.29, 0.717) is 16.6 Å². The maximum atomic E-state index is 12.9. The Morgan fingerprint density at radius 3 is 2.60 bits per heavy atom. The van der Waals surface area contributed by atoms with Crippen LogP contribution < -0.4 is 4.90 Å². The van der Waals surface area contributed by atoms with E-state index < -0.39 is 0 Å². The molecule has 2 aromatic carbocycles. The van der Waals surface area contributed by atoms with Crippen LogP contribution in [0.25, 0.3) is 16.8 Å². The summed E-state index contributed by atoms with van der Waals surface area (Å²) in [6.45, 7) is 0. The molecule has 1 saturated heterocycles. The van der Waals surface area contributed by atoms with Crippen molar-refractivity contribution in [2.45, 2.75) is 0 Å². The van der Waals surface area contributed by atoms with E-state index in [0.717, 1.165) is 20.9 Å². The molecule has 2 heterocycles. The molecule has 1 aromatic heterocycles. The highest BCUT2D eigenvalue weighted by Crippen LogP contribution is 2.30. The first-order valence-electron chi connectivity index (χ1n) is 7.61. The van der Waals surface area contributed by atoms with Crippen LogP contribution in [0.3, 0.4) is 0 Å². The Bertz CT molecular complexity index is 1040. The molecule has 25 heavy (non-hydrogen) atoms. The van der Waals surface area contributed by atoms with Crippen molar-refractivity contribution in [3.05, 3.63) is 70.7 Å². The number of benzene rings is 2. The van der Waals surface area contributed by atoms with Crippen LogP contribution in [0.1, 0.15) is 5.76 Å². The minimum Gasteiger partial charge on any atom is -0.464 e. The van der Waals surface area contributed by atoms with Crippen molar-refractivity contribution in [3.8, 4) is 0 Å². The van der Waals surface area contributed by atoms with Gasteiger partial charge in [0.2, 0.25) is 0 Å². The number of rotatable bonds is 2. The first-order chi connectivity index (χ1) is 12.0. The van der Waals surface area contributed by atoms with Crippen LogP contribution in [0.15, 0.2) is 69.4 Å². The van der Waals surface area contributed by atoms with Gasteiger partial charge in [-0.1, -0.05) is 30.3 Å². The number of nitrogens with zero attached hydrogens (tertiary/aromatic N) is 2. The van der Waals surface area contributed by atoms with Gasteiger partial charge in [-0.3, -0.25) is 9.69 Å². The molecule has 0 spiro atoms. The number of carbonyl (C=O) groups excluding carboxylic acids is 1. The summed E-state index contributed by atoms with van der Waals surface area (Å²) in [6, 6.07) is 15.7. The molecule has 0 unspecified atom stereocenters. The smallest absolute Gasteiger partial charge is 0.281 e. The largest absolute Gasteiger partial charge is 0.464 e. The van der Waals surface area contributed by atoms with Crippen molar-refractivity contribution in [1.29, 1.82) is 0 Å². The van der Waals surface area contributed by atoms with E-state index in [2.05, 4.69) is 15.9 Å². The zero-order valence-corrected chi connectivity index (χ0v) is 15.7. The highest BCUT2D eigenvalue weighted by Gasteiger charge is 2.37. The Hall–Kier alpha value is -2.44. The number of carbonyl (C=O) groups is 1. The molecule has 3 aromatic rings. The van der Waals surface area contributed by atoms with Crippen molar-refractivity contribution in [2.75, 3.05) is 11.9 Å². The molecule has 0 saturated carbocycles. The number of furan rings is 1. The summed E-state index contributed by atoms with van der Waals surface area (Å²) in [5, 5.41) is 2.62. The fourth-order valence-electron chi connectivity index (χ4n) is 2.84. The van der Waals surface area contributed by atoms with Crippen molar-refractivity contribution in [1.82, 2.24) is 4.90 Å². The maximum Gasteiger partial charge on any atom is 0.281 e. The third kappa shape index (κ3) is 2.77. The van der Waals surface area contributed by atoms with E-state index in [4.69, 9.17) is 16.6 Å². The molecular formula is C19H13BrN2O2S. The molecule has 0 N–H and O–H groups in total. The molecule has 1 fully saturated rings. The van der Waals surface area contributed by atoms with E-state index in [-0.39, 0.29) is 5.91 Å². The van der Waals surface area contributed by atoms with Gasteiger partial charge in [-0.2, -0.15) is 0 Å². The topological polar surface area (TPSA) is 36.7 Å². The molecule has 124 valence electrons. The lowest BCUT2D eigenvalue weighted by molar-refractivity contribution is -0.114. The highest BCUT2D eigenvalue weighted by atomic mass is 79.9. The summed E-state index contributed by atoms with van der Waals surface area (Å²) in [5.74, 6) is 0.417. The molecule has 1 aliphatic heterocycles. The summed E-state index contributed by atoms with van der Waals surface area (Å²) in [5.41, 5.74) is 1.23. The lowest BCUT2D eigenvalue weighted by atomic mass is 10.1. The van der Waals surface area contributed by atoms with Gasteiger partial charge in [-0.25, -0.2) is 0 Å². The number of hydrogen-bond donors (Lipinski definition) is 0. The summed E-state index contributed by atoms with van der Waals surface area (Å²) in [4.78, 5) is 16.2. The molecule has 0 bridgehead atoms. The van der Waals surface area contributed by atoms with Crippen LogP contribution in [-0.4, -0.2) is 23.0 Å². The van der Waals surface area contributed by atoms with Crippen molar-refractivity contribution in [2.24, 2.45) is 0 Å². The van der Waals surface area contributed by atoms with Gasteiger partial charge in [-0.15, -0.1) is 0 Å². The van der Waals surface area contributed by atoms with Crippen molar-refractivity contribution < 1.29 is 9.21 Å². The molecule has 4 nitrogen and oxygen atoms in total. The third-order valence-electron chi connectivity index (χ3n) is 4.12. The second-order valence-electron chi connectivity index (χ2n) is 5.71. The Balaban J connectivity index is 1.75. The van der Waals surface area contributed by atoms with Crippen LogP contribution in [0.4, 0.5) is 5.69 Å². The van der Waals surface area contributed by atoms with E-state index in [9.17, 15) is 4.79 Å². The number of amides is 1. The van der Waals surface area contributed by atoms with Crippen molar-refractivity contribution in [3.63, 3.8) is 0 Å².